The summed E-state index contributed by atoms with van der Waals surface area (Å²) in [7, 11) is 1.64. The van der Waals surface area contributed by atoms with Gasteiger partial charge in [0.25, 0.3) is 0 Å². The number of benzene rings is 3. The summed E-state index contributed by atoms with van der Waals surface area (Å²) in [6, 6.07) is 23.8. The molecule has 164 valence electrons. The second-order valence-corrected chi connectivity index (χ2v) is 8.83. The van der Waals surface area contributed by atoms with Crippen molar-refractivity contribution in [3.63, 3.8) is 0 Å². The molecule has 4 rings (SSSR count). The molecule has 0 bridgehead atoms. The van der Waals surface area contributed by atoms with E-state index >= 15 is 0 Å². The average molecular weight is 447 g/mol. The van der Waals surface area contributed by atoms with Gasteiger partial charge in [-0.1, -0.05) is 53.8 Å². The highest BCUT2D eigenvalue weighted by Gasteiger charge is 2.19. The molecular formula is C26H26N2O3S. The van der Waals surface area contributed by atoms with Gasteiger partial charge in [-0.05, 0) is 55.3 Å². The number of fused-ring (bicyclic) bond motifs is 1. The van der Waals surface area contributed by atoms with Crippen LogP contribution in [-0.4, -0.2) is 24.1 Å². The molecule has 5 nitrogen and oxygen atoms in total. The SMILES string of the molecule is COc1ccc2nc(NC(=O)CC(c3ccccc3)c3ccc(OC(C)C)cc3)sc2c1. The number of ether oxygens (including phenoxy) is 2. The molecule has 0 aliphatic carbocycles. The number of thiazole rings is 1. The number of amides is 1. The monoisotopic (exact) mass is 446 g/mol. The Morgan fingerprint density at radius 2 is 1.66 bits per heavy atom. The van der Waals surface area contributed by atoms with Crippen molar-refractivity contribution in [2.45, 2.75) is 32.3 Å². The Bertz CT molecular complexity index is 1190. The van der Waals surface area contributed by atoms with E-state index in [0.29, 0.717) is 11.6 Å². The van der Waals surface area contributed by atoms with E-state index < -0.39 is 0 Å². The number of aromatic nitrogens is 1. The van der Waals surface area contributed by atoms with Gasteiger partial charge in [-0.25, -0.2) is 4.98 Å². The van der Waals surface area contributed by atoms with Crippen LogP contribution in [0.2, 0.25) is 0 Å². The van der Waals surface area contributed by atoms with Gasteiger partial charge in [0.1, 0.15) is 11.5 Å². The molecule has 0 spiro atoms. The third-order valence-corrected chi connectivity index (χ3v) is 6.02. The lowest BCUT2D eigenvalue weighted by atomic mass is 9.88. The second-order valence-electron chi connectivity index (χ2n) is 7.80. The molecule has 4 aromatic rings. The lowest BCUT2D eigenvalue weighted by Crippen LogP contribution is -2.16. The van der Waals surface area contributed by atoms with Crippen molar-refractivity contribution in [2.75, 3.05) is 12.4 Å². The normalized spacial score (nSPS) is 12.0. The van der Waals surface area contributed by atoms with Gasteiger partial charge in [0.2, 0.25) is 5.91 Å². The molecule has 0 radical (unpaired) electrons. The zero-order chi connectivity index (χ0) is 22.5. The van der Waals surface area contributed by atoms with E-state index in [4.69, 9.17) is 9.47 Å². The van der Waals surface area contributed by atoms with Crippen LogP contribution in [0.3, 0.4) is 0 Å². The van der Waals surface area contributed by atoms with Gasteiger partial charge < -0.3 is 14.8 Å². The third kappa shape index (κ3) is 5.26. The molecular weight excluding hydrogens is 420 g/mol. The molecule has 0 saturated heterocycles. The second kappa shape index (κ2) is 9.83. The fraction of sp³-hybridized carbons (Fsp3) is 0.231. The Kier molecular flexibility index (Phi) is 6.71. The van der Waals surface area contributed by atoms with Crippen LogP contribution >= 0.6 is 11.3 Å². The van der Waals surface area contributed by atoms with Crippen LogP contribution in [0.4, 0.5) is 5.13 Å². The quantitative estimate of drug-likeness (QED) is 0.347. The minimum absolute atomic E-state index is 0.0706. The van der Waals surface area contributed by atoms with Crippen LogP contribution < -0.4 is 14.8 Å². The molecule has 32 heavy (non-hydrogen) atoms. The Hall–Kier alpha value is -3.38. The van der Waals surface area contributed by atoms with Gasteiger partial charge in [0.05, 0.1) is 23.4 Å². The van der Waals surface area contributed by atoms with E-state index in [0.717, 1.165) is 32.8 Å². The predicted molar refractivity (Wildman–Crippen MR) is 130 cm³/mol. The Balaban J connectivity index is 1.54. The zero-order valence-electron chi connectivity index (χ0n) is 18.4. The van der Waals surface area contributed by atoms with E-state index in [-0.39, 0.29) is 17.9 Å². The molecule has 1 unspecified atom stereocenters. The fourth-order valence-electron chi connectivity index (χ4n) is 3.61. The number of carbonyl (C=O) groups is 1. The number of hydrogen-bond donors (Lipinski definition) is 1. The largest absolute Gasteiger partial charge is 0.497 e. The summed E-state index contributed by atoms with van der Waals surface area (Å²) < 4.78 is 12.0. The minimum atomic E-state index is -0.0765. The van der Waals surface area contributed by atoms with Crippen molar-refractivity contribution in [3.8, 4) is 11.5 Å². The van der Waals surface area contributed by atoms with E-state index in [2.05, 4.69) is 22.4 Å². The fourth-order valence-corrected chi connectivity index (χ4v) is 4.52. The molecule has 1 atom stereocenters. The van der Waals surface area contributed by atoms with E-state index in [1.807, 2.05) is 74.5 Å². The maximum absolute atomic E-state index is 13.0. The van der Waals surface area contributed by atoms with Gasteiger partial charge in [-0.15, -0.1) is 0 Å². The van der Waals surface area contributed by atoms with Crippen LogP contribution in [0.5, 0.6) is 11.5 Å². The van der Waals surface area contributed by atoms with Crippen molar-refractivity contribution < 1.29 is 14.3 Å². The number of carbonyl (C=O) groups excluding carboxylic acids is 1. The lowest BCUT2D eigenvalue weighted by molar-refractivity contribution is -0.116. The molecule has 0 aliphatic heterocycles. The van der Waals surface area contributed by atoms with Crippen molar-refractivity contribution in [3.05, 3.63) is 83.9 Å². The first-order chi connectivity index (χ1) is 15.5. The van der Waals surface area contributed by atoms with Crippen LogP contribution in [0.15, 0.2) is 72.8 Å². The first-order valence-corrected chi connectivity index (χ1v) is 11.4. The summed E-state index contributed by atoms with van der Waals surface area (Å²) >= 11 is 1.44. The van der Waals surface area contributed by atoms with Gasteiger partial charge in [-0.2, -0.15) is 0 Å². The molecule has 3 aromatic carbocycles. The van der Waals surface area contributed by atoms with Crippen molar-refractivity contribution >= 4 is 32.6 Å². The molecule has 1 amide bonds. The number of hydrogen-bond acceptors (Lipinski definition) is 5. The molecule has 0 aliphatic rings. The van der Waals surface area contributed by atoms with Crippen molar-refractivity contribution in [1.82, 2.24) is 4.98 Å². The first-order valence-electron chi connectivity index (χ1n) is 10.6. The van der Waals surface area contributed by atoms with E-state index in [1.54, 1.807) is 7.11 Å². The zero-order valence-corrected chi connectivity index (χ0v) is 19.2. The van der Waals surface area contributed by atoms with Crippen molar-refractivity contribution in [1.29, 1.82) is 0 Å². The maximum atomic E-state index is 13.0. The Labute approximate surface area is 192 Å². The first kappa shape index (κ1) is 21.8. The summed E-state index contributed by atoms with van der Waals surface area (Å²) in [5, 5.41) is 3.57. The highest BCUT2D eigenvalue weighted by atomic mass is 32.1. The number of anilines is 1. The molecule has 0 fully saturated rings. The Morgan fingerprint density at radius 3 is 2.34 bits per heavy atom. The minimum Gasteiger partial charge on any atom is -0.497 e. The molecule has 6 heteroatoms. The lowest BCUT2D eigenvalue weighted by Gasteiger charge is -2.18. The standard InChI is InChI=1S/C26H26N2O3S/c1-17(2)31-20-11-9-19(10-12-20)22(18-7-5-4-6-8-18)16-25(29)28-26-27-23-14-13-21(30-3)15-24(23)32-26/h4-15,17,22H,16H2,1-3H3,(H,27,28,29). The number of methoxy groups -OCH3 is 1. The average Bonchev–Trinajstić information content (AvgIpc) is 3.19. The molecule has 1 heterocycles. The maximum Gasteiger partial charge on any atom is 0.227 e. The van der Waals surface area contributed by atoms with Gasteiger partial charge in [-0.3, -0.25) is 4.79 Å². The van der Waals surface area contributed by atoms with Crippen molar-refractivity contribution in [2.24, 2.45) is 0 Å². The highest BCUT2D eigenvalue weighted by Crippen LogP contribution is 2.32. The molecule has 1 N–H and O–H groups in total. The number of rotatable bonds is 8. The summed E-state index contributed by atoms with van der Waals surface area (Å²) in [4.78, 5) is 17.5. The van der Waals surface area contributed by atoms with Crippen LogP contribution in [0, 0.1) is 0 Å². The Morgan fingerprint density at radius 1 is 0.969 bits per heavy atom. The topological polar surface area (TPSA) is 60.5 Å². The number of nitrogens with zero attached hydrogens (tertiary/aromatic N) is 1. The smallest absolute Gasteiger partial charge is 0.227 e. The predicted octanol–water partition coefficient (Wildman–Crippen LogP) is 6.25. The summed E-state index contributed by atoms with van der Waals surface area (Å²) in [6.45, 7) is 4.01. The summed E-state index contributed by atoms with van der Waals surface area (Å²) in [6.07, 6.45) is 0.429. The summed E-state index contributed by atoms with van der Waals surface area (Å²) in [5.41, 5.74) is 3.00. The van der Waals surface area contributed by atoms with E-state index in [9.17, 15) is 4.79 Å². The number of nitrogens with one attached hydrogen (secondary N) is 1. The highest BCUT2D eigenvalue weighted by molar-refractivity contribution is 7.22. The summed E-state index contributed by atoms with van der Waals surface area (Å²) in [5.74, 6) is 1.45. The van der Waals surface area contributed by atoms with Gasteiger partial charge >= 0.3 is 0 Å². The van der Waals surface area contributed by atoms with Crippen LogP contribution in [-0.2, 0) is 4.79 Å². The van der Waals surface area contributed by atoms with Crippen LogP contribution in [0.1, 0.15) is 37.3 Å². The van der Waals surface area contributed by atoms with Gasteiger partial charge in [0.15, 0.2) is 5.13 Å². The third-order valence-electron chi connectivity index (χ3n) is 5.09. The molecule has 1 aromatic heterocycles. The molecule has 0 saturated carbocycles. The van der Waals surface area contributed by atoms with Gasteiger partial charge in [0, 0.05) is 12.3 Å². The van der Waals surface area contributed by atoms with E-state index in [1.165, 1.54) is 11.3 Å². The van der Waals surface area contributed by atoms with Crippen LogP contribution in [0.25, 0.3) is 10.2 Å².